The molecular weight excluding hydrogens is 406 g/mol. The first-order chi connectivity index (χ1) is 14.8. The lowest BCUT2D eigenvalue weighted by Gasteiger charge is -2.34. The summed E-state index contributed by atoms with van der Waals surface area (Å²) in [5.74, 6) is -1.08. The number of amides is 3. The molecule has 11 heteroatoms. The van der Waals surface area contributed by atoms with Crippen molar-refractivity contribution in [3.63, 3.8) is 0 Å². The molecule has 1 atom stereocenters. The van der Waals surface area contributed by atoms with Gasteiger partial charge in [-0.3, -0.25) is 19.8 Å². The number of non-ortho nitro benzene ring substituents is 1. The van der Waals surface area contributed by atoms with E-state index in [-0.39, 0.29) is 36.2 Å². The molecule has 1 aromatic rings. The van der Waals surface area contributed by atoms with Gasteiger partial charge in [-0.2, -0.15) is 0 Å². The largest absolute Gasteiger partial charge is 0.463 e. The summed E-state index contributed by atoms with van der Waals surface area (Å²) in [5, 5.41) is 16.4. The highest BCUT2D eigenvalue weighted by Gasteiger charge is 2.35. The number of esters is 1. The number of nitro benzene ring substituents is 1. The maximum Gasteiger partial charge on any atom is 0.338 e. The molecule has 1 fully saturated rings. The Morgan fingerprint density at radius 3 is 2.45 bits per heavy atom. The van der Waals surface area contributed by atoms with Crippen LogP contribution in [0.3, 0.4) is 0 Å². The summed E-state index contributed by atoms with van der Waals surface area (Å²) in [7, 11) is 0. The van der Waals surface area contributed by atoms with Crippen LogP contribution < -0.4 is 16.4 Å². The molecule has 3 rings (SSSR count). The SMILES string of the molecule is CCOC(=O)C1=C(CN2CCC(C(N)=O)CC2)NC(=O)N[C@H]1c1ccc([N+](=O)[O-])cc1. The van der Waals surface area contributed by atoms with E-state index in [0.717, 1.165) is 0 Å². The Hall–Kier alpha value is -3.47. The third-order valence-electron chi connectivity index (χ3n) is 5.46. The maximum atomic E-state index is 12.8. The van der Waals surface area contributed by atoms with Gasteiger partial charge in [-0.25, -0.2) is 9.59 Å². The number of nitrogens with one attached hydrogen (secondary N) is 2. The first-order valence-corrected chi connectivity index (χ1v) is 10.0. The van der Waals surface area contributed by atoms with Gasteiger partial charge in [0.2, 0.25) is 5.91 Å². The van der Waals surface area contributed by atoms with E-state index < -0.39 is 23.0 Å². The highest BCUT2D eigenvalue weighted by atomic mass is 16.6. The Morgan fingerprint density at radius 1 is 1.26 bits per heavy atom. The van der Waals surface area contributed by atoms with Crippen molar-refractivity contribution < 1.29 is 24.0 Å². The molecule has 2 aliphatic heterocycles. The smallest absolute Gasteiger partial charge is 0.338 e. The average molecular weight is 431 g/mol. The van der Waals surface area contributed by atoms with Crippen molar-refractivity contribution in [2.75, 3.05) is 26.2 Å². The predicted molar refractivity (Wildman–Crippen MR) is 110 cm³/mol. The molecule has 0 unspecified atom stereocenters. The zero-order valence-electron chi connectivity index (χ0n) is 17.1. The monoisotopic (exact) mass is 431 g/mol. The lowest BCUT2D eigenvalue weighted by molar-refractivity contribution is -0.384. The van der Waals surface area contributed by atoms with Crippen molar-refractivity contribution in [2.24, 2.45) is 11.7 Å². The van der Waals surface area contributed by atoms with Crippen LogP contribution in [0.25, 0.3) is 0 Å². The number of likely N-dealkylation sites (tertiary alicyclic amines) is 1. The van der Waals surface area contributed by atoms with Crippen LogP contribution in [-0.4, -0.2) is 54.0 Å². The van der Waals surface area contributed by atoms with Crippen LogP contribution in [-0.2, 0) is 14.3 Å². The molecule has 31 heavy (non-hydrogen) atoms. The number of nitrogens with two attached hydrogens (primary N) is 1. The van der Waals surface area contributed by atoms with Crippen LogP contribution in [0.1, 0.15) is 31.4 Å². The quantitative estimate of drug-likeness (QED) is 0.330. The van der Waals surface area contributed by atoms with Gasteiger partial charge in [0.05, 0.1) is 23.1 Å². The molecule has 0 aromatic heterocycles. The van der Waals surface area contributed by atoms with Gasteiger partial charge in [-0.05, 0) is 50.6 Å². The number of urea groups is 1. The molecule has 0 radical (unpaired) electrons. The first-order valence-electron chi connectivity index (χ1n) is 10.0. The van der Waals surface area contributed by atoms with Gasteiger partial charge < -0.3 is 21.1 Å². The van der Waals surface area contributed by atoms with Crippen LogP contribution in [0.4, 0.5) is 10.5 Å². The third-order valence-corrected chi connectivity index (χ3v) is 5.46. The van der Waals surface area contributed by atoms with E-state index in [1.54, 1.807) is 6.92 Å². The average Bonchev–Trinajstić information content (AvgIpc) is 2.74. The minimum Gasteiger partial charge on any atom is -0.463 e. The van der Waals surface area contributed by atoms with Crippen molar-refractivity contribution in [2.45, 2.75) is 25.8 Å². The normalized spacial score (nSPS) is 20.0. The molecule has 4 N–H and O–H groups in total. The topological polar surface area (TPSA) is 157 Å². The molecule has 0 aliphatic carbocycles. The fraction of sp³-hybridized carbons (Fsp3) is 0.450. The molecule has 2 heterocycles. The number of carbonyl (C=O) groups excluding carboxylic acids is 3. The van der Waals surface area contributed by atoms with E-state index in [1.807, 2.05) is 4.90 Å². The zero-order valence-corrected chi connectivity index (χ0v) is 17.1. The van der Waals surface area contributed by atoms with Crippen LogP contribution in [0.2, 0.25) is 0 Å². The van der Waals surface area contributed by atoms with Crippen molar-refractivity contribution in [3.05, 3.63) is 51.2 Å². The summed E-state index contributed by atoms with van der Waals surface area (Å²) in [4.78, 5) is 49.0. The standard InChI is InChI=1S/C20H25N5O6/c1-2-31-19(27)16-15(11-24-9-7-13(8-10-24)18(21)26)22-20(28)23-17(16)12-3-5-14(6-4-12)25(29)30/h3-6,13,17H,2,7-11H2,1H3,(H2,21,26)(H2,22,23,28)/t17-/m0/s1. The van der Waals surface area contributed by atoms with Gasteiger partial charge >= 0.3 is 12.0 Å². The lowest BCUT2D eigenvalue weighted by atomic mass is 9.93. The summed E-state index contributed by atoms with van der Waals surface area (Å²) in [6, 6.07) is 4.35. The molecule has 0 saturated carbocycles. The van der Waals surface area contributed by atoms with E-state index in [1.165, 1.54) is 24.3 Å². The first kappa shape index (κ1) is 22.2. The fourth-order valence-electron chi connectivity index (χ4n) is 3.83. The zero-order chi connectivity index (χ0) is 22.5. The number of hydrogen-bond acceptors (Lipinski definition) is 7. The van der Waals surface area contributed by atoms with Crippen LogP contribution >= 0.6 is 0 Å². The third kappa shape index (κ3) is 5.18. The molecule has 3 amide bonds. The Kier molecular flexibility index (Phi) is 6.85. The molecular formula is C20H25N5O6. The lowest BCUT2D eigenvalue weighted by Crippen LogP contribution is -2.49. The molecule has 1 saturated heterocycles. The number of hydrogen-bond donors (Lipinski definition) is 3. The van der Waals surface area contributed by atoms with Crippen molar-refractivity contribution in [1.29, 1.82) is 0 Å². The number of nitrogens with zero attached hydrogens (tertiary/aromatic N) is 2. The number of ether oxygens (including phenoxy) is 1. The Labute approximate surface area is 178 Å². The molecule has 2 aliphatic rings. The van der Waals surface area contributed by atoms with Crippen molar-refractivity contribution in [3.8, 4) is 0 Å². The highest BCUT2D eigenvalue weighted by Crippen LogP contribution is 2.30. The van der Waals surface area contributed by atoms with Gasteiger partial charge in [0, 0.05) is 30.3 Å². The van der Waals surface area contributed by atoms with E-state index in [4.69, 9.17) is 10.5 Å². The van der Waals surface area contributed by atoms with Crippen molar-refractivity contribution in [1.82, 2.24) is 15.5 Å². The molecule has 1 aromatic carbocycles. The second-order valence-electron chi connectivity index (χ2n) is 7.45. The number of rotatable bonds is 7. The van der Waals surface area contributed by atoms with Crippen LogP contribution in [0.15, 0.2) is 35.5 Å². The number of piperidine rings is 1. The molecule has 0 bridgehead atoms. The van der Waals surface area contributed by atoms with Gasteiger partial charge in [0.15, 0.2) is 0 Å². The van der Waals surface area contributed by atoms with Gasteiger partial charge in [0.25, 0.3) is 5.69 Å². The van der Waals surface area contributed by atoms with E-state index in [2.05, 4.69) is 10.6 Å². The minimum atomic E-state index is -0.813. The number of nitro groups is 1. The Morgan fingerprint density at radius 2 is 1.90 bits per heavy atom. The molecule has 0 spiro atoms. The van der Waals surface area contributed by atoms with Gasteiger partial charge in [-0.15, -0.1) is 0 Å². The number of primary amides is 1. The van der Waals surface area contributed by atoms with Crippen molar-refractivity contribution >= 4 is 23.6 Å². The number of benzene rings is 1. The maximum absolute atomic E-state index is 12.8. The Balaban J connectivity index is 1.90. The summed E-state index contributed by atoms with van der Waals surface area (Å²) in [6.45, 7) is 3.32. The fourth-order valence-corrected chi connectivity index (χ4v) is 3.83. The predicted octanol–water partition coefficient (Wildman–Crippen LogP) is 0.963. The van der Waals surface area contributed by atoms with Crippen LogP contribution in [0, 0.1) is 16.0 Å². The summed E-state index contributed by atoms with van der Waals surface area (Å²) in [5.41, 5.74) is 6.46. The number of carbonyl (C=O) groups is 3. The van der Waals surface area contributed by atoms with E-state index >= 15 is 0 Å². The second-order valence-corrected chi connectivity index (χ2v) is 7.45. The second kappa shape index (κ2) is 9.56. The molecule has 11 nitrogen and oxygen atoms in total. The summed E-state index contributed by atoms with van der Waals surface area (Å²) in [6.07, 6.45) is 1.21. The van der Waals surface area contributed by atoms with E-state index in [0.29, 0.717) is 37.2 Å². The summed E-state index contributed by atoms with van der Waals surface area (Å²) >= 11 is 0. The van der Waals surface area contributed by atoms with Gasteiger partial charge in [-0.1, -0.05) is 0 Å². The van der Waals surface area contributed by atoms with Gasteiger partial charge in [0.1, 0.15) is 0 Å². The minimum absolute atomic E-state index is 0.0942. The molecule has 166 valence electrons. The van der Waals surface area contributed by atoms with E-state index in [9.17, 15) is 24.5 Å². The highest BCUT2D eigenvalue weighted by molar-refractivity contribution is 5.95. The van der Waals surface area contributed by atoms with Crippen LogP contribution in [0.5, 0.6) is 0 Å². The Bertz CT molecular complexity index is 905. The summed E-state index contributed by atoms with van der Waals surface area (Å²) < 4.78 is 5.22.